The highest BCUT2D eigenvalue weighted by Crippen LogP contribution is 2.27. The SMILES string of the molecule is CNC(=O)C(NC(=O)c1nc(C(O)c2ccccc2)n2c1CN(C)CC2)C(C)(C)C. The first kappa shape index (κ1) is 22.0. The van der Waals surface area contributed by atoms with Gasteiger partial charge in [0.05, 0.1) is 5.69 Å². The summed E-state index contributed by atoms with van der Waals surface area (Å²) < 4.78 is 1.93. The Kier molecular flexibility index (Phi) is 6.28. The Morgan fingerprint density at radius 3 is 2.43 bits per heavy atom. The molecule has 1 aromatic carbocycles. The van der Waals surface area contributed by atoms with Crippen LogP contribution in [-0.2, 0) is 17.9 Å². The fourth-order valence-electron chi connectivity index (χ4n) is 3.71. The van der Waals surface area contributed by atoms with E-state index in [1.807, 2.05) is 62.7 Å². The fraction of sp³-hybridized carbons (Fsp3) is 0.500. The smallest absolute Gasteiger partial charge is 0.272 e. The zero-order valence-electron chi connectivity index (χ0n) is 18.3. The van der Waals surface area contributed by atoms with E-state index in [0.717, 1.165) is 12.2 Å². The molecule has 1 aromatic heterocycles. The number of benzene rings is 1. The maximum atomic E-state index is 13.2. The van der Waals surface area contributed by atoms with Gasteiger partial charge < -0.3 is 20.3 Å². The van der Waals surface area contributed by atoms with Crippen LogP contribution in [0.5, 0.6) is 0 Å². The minimum Gasteiger partial charge on any atom is -0.380 e. The third-order valence-electron chi connectivity index (χ3n) is 5.45. The topological polar surface area (TPSA) is 99.5 Å². The lowest BCUT2D eigenvalue weighted by molar-refractivity contribution is -0.124. The molecule has 30 heavy (non-hydrogen) atoms. The van der Waals surface area contributed by atoms with Gasteiger partial charge in [0.25, 0.3) is 5.91 Å². The van der Waals surface area contributed by atoms with E-state index in [1.54, 1.807) is 7.05 Å². The number of likely N-dealkylation sites (N-methyl/N-ethyl adjacent to an activating group) is 2. The van der Waals surface area contributed by atoms with Crippen molar-refractivity contribution in [1.29, 1.82) is 0 Å². The monoisotopic (exact) mass is 413 g/mol. The summed E-state index contributed by atoms with van der Waals surface area (Å²) in [6.45, 7) is 7.65. The Morgan fingerprint density at radius 2 is 1.83 bits per heavy atom. The molecule has 0 saturated heterocycles. The summed E-state index contributed by atoms with van der Waals surface area (Å²) in [5.74, 6) is -0.226. The number of amides is 2. The molecule has 2 amide bonds. The Labute approximate surface area is 177 Å². The lowest BCUT2D eigenvalue weighted by Gasteiger charge is -2.30. The van der Waals surface area contributed by atoms with Crippen LogP contribution in [0.15, 0.2) is 30.3 Å². The van der Waals surface area contributed by atoms with E-state index in [4.69, 9.17) is 0 Å². The highest BCUT2D eigenvalue weighted by Gasteiger charge is 2.35. The average Bonchev–Trinajstić information content (AvgIpc) is 3.09. The minimum absolute atomic E-state index is 0.254. The first-order valence-electron chi connectivity index (χ1n) is 10.2. The van der Waals surface area contributed by atoms with Gasteiger partial charge in [-0.15, -0.1) is 0 Å². The lowest BCUT2D eigenvalue weighted by atomic mass is 9.86. The van der Waals surface area contributed by atoms with Crippen molar-refractivity contribution in [2.45, 2.75) is 46.0 Å². The molecule has 2 heterocycles. The quantitative estimate of drug-likeness (QED) is 0.686. The molecule has 0 aliphatic carbocycles. The van der Waals surface area contributed by atoms with Crippen molar-refractivity contribution < 1.29 is 14.7 Å². The van der Waals surface area contributed by atoms with Crippen LogP contribution in [0.4, 0.5) is 0 Å². The molecule has 162 valence electrons. The van der Waals surface area contributed by atoms with E-state index < -0.39 is 23.5 Å². The predicted octanol–water partition coefficient (Wildman–Crippen LogP) is 1.30. The number of hydrogen-bond donors (Lipinski definition) is 3. The number of carbonyl (C=O) groups is 2. The highest BCUT2D eigenvalue weighted by molar-refractivity contribution is 5.97. The van der Waals surface area contributed by atoms with Crippen molar-refractivity contribution >= 4 is 11.8 Å². The van der Waals surface area contributed by atoms with Gasteiger partial charge in [0.2, 0.25) is 5.91 Å². The normalized spacial score (nSPS) is 16.5. The second-order valence-electron chi connectivity index (χ2n) is 8.85. The van der Waals surface area contributed by atoms with Crippen molar-refractivity contribution in [1.82, 2.24) is 25.1 Å². The van der Waals surface area contributed by atoms with E-state index in [1.165, 1.54) is 0 Å². The summed E-state index contributed by atoms with van der Waals surface area (Å²) in [5.41, 5.74) is 1.24. The van der Waals surface area contributed by atoms with E-state index in [-0.39, 0.29) is 11.6 Å². The van der Waals surface area contributed by atoms with Crippen LogP contribution >= 0.6 is 0 Å². The average molecular weight is 414 g/mol. The molecule has 0 bridgehead atoms. The van der Waals surface area contributed by atoms with Gasteiger partial charge in [-0.1, -0.05) is 51.1 Å². The van der Waals surface area contributed by atoms with E-state index in [9.17, 15) is 14.7 Å². The van der Waals surface area contributed by atoms with Gasteiger partial charge in [0.1, 0.15) is 18.0 Å². The molecule has 2 unspecified atom stereocenters. The molecule has 2 aromatic rings. The van der Waals surface area contributed by atoms with Crippen LogP contribution in [0.2, 0.25) is 0 Å². The molecule has 3 rings (SSSR count). The summed E-state index contributed by atoms with van der Waals surface area (Å²) in [6, 6.07) is 8.56. The number of imidazole rings is 1. The van der Waals surface area contributed by atoms with Gasteiger partial charge in [0.15, 0.2) is 5.69 Å². The van der Waals surface area contributed by atoms with Crippen molar-refractivity contribution in [2.75, 3.05) is 20.6 Å². The number of aromatic nitrogens is 2. The predicted molar refractivity (Wildman–Crippen MR) is 114 cm³/mol. The molecule has 8 nitrogen and oxygen atoms in total. The molecule has 1 aliphatic rings. The number of aliphatic hydroxyl groups excluding tert-OH is 1. The van der Waals surface area contributed by atoms with Crippen LogP contribution < -0.4 is 10.6 Å². The Hall–Kier alpha value is -2.71. The number of nitrogens with one attached hydrogen (secondary N) is 2. The number of aliphatic hydroxyl groups is 1. The standard InChI is InChI=1S/C22H31N5O3/c1-22(2,3)18(21(30)23-4)25-20(29)16-15-13-26(5)11-12-27(15)19(24-16)17(28)14-9-7-6-8-10-14/h6-10,17-18,28H,11-13H2,1-5H3,(H,23,30)(H,25,29). The van der Waals surface area contributed by atoms with Gasteiger partial charge in [-0.2, -0.15) is 0 Å². The van der Waals surface area contributed by atoms with Gasteiger partial charge in [0, 0.05) is 26.7 Å². The molecule has 0 spiro atoms. The fourth-order valence-corrected chi connectivity index (χ4v) is 3.71. The van der Waals surface area contributed by atoms with Gasteiger partial charge >= 0.3 is 0 Å². The second-order valence-corrected chi connectivity index (χ2v) is 8.85. The van der Waals surface area contributed by atoms with Crippen molar-refractivity contribution in [2.24, 2.45) is 5.41 Å². The zero-order chi connectivity index (χ0) is 22.1. The molecular weight excluding hydrogens is 382 g/mol. The molecule has 2 atom stereocenters. The zero-order valence-corrected chi connectivity index (χ0v) is 18.3. The third kappa shape index (κ3) is 4.39. The molecule has 8 heteroatoms. The largest absolute Gasteiger partial charge is 0.380 e. The number of fused-ring (bicyclic) bond motifs is 1. The summed E-state index contributed by atoms with van der Waals surface area (Å²) >= 11 is 0. The molecule has 1 aliphatic heterocycles. The number of nitrogens with zero attached hydrogens (tertiary/aromatic N) is 3. The number of hydrogen-bond acceptors (Lipinski definition) is 5. The van der Waals surface area contributed by atoms with Crippen LogP contribution in [0.1, 0.15) is 54.4 Å². The maximum Gasteiger partial charge on any atom is 0.272 e. The van der Waals surface area contributed by atoms with Crippen molar-refractivity contribution in [3.63, 3.8) is 0 Å². The van der Waals surface area contributed by atoms with Gasteiger partial charge in [-0.25, -0.2) is 4.98 Å². The van der Waals surface area contributed by atoms with E-state index in [2.05, 4.69) is 20.5 Å². The van der Waals surface area contributed by atoms with E-state index >= 15 is 0 Å². The Bertz CT molecular complexity index is 917. The highest BCUT2D eigenvalue weighted by atomic mass is 16.3. The summed E-state index contributed by atoms with van der Waals surface area (Å²) in [4.78, 5) is 32.2. The van der Waals surface area contributed by atoms with Gasteiger partial charge in [-0.05, 0) is 18.0 Å². The maximum absolute atomic E-state index is 13.2. The van der Waals surface area contributed by atoms with E-state index in [0.29, 0.717) is 24.5 Å². The lowest BCUT2D eigenvalue weighted by Crippen LogP contribution is -2.53. The van der Waals surface area contributed by atoms with Crippen LogP contribution in [0.3, 0.4) is 0 Å². The first-order chi connectivity index (χ1) is 14.1. The summed E-state index contributed by atoms with van der Waals surface area (Å²) in [5, 5.41) is 16.4. The van der Waals surface area contributed by atoms with Crippen molar-refractivity contribution in [3.05, 3.63) is 53.1 Å². The first-order valence-corrected chi connectivity index (χ1v) is 10.2. The minimum atomic E-state index is -0.938. The van der Waals surface area contributed by atoms with Gasteiger partial charge in [-0.3, -0.25) is 14.5 Å². The van der Waals surface area contributed by atoms with Crippen LogP contribution in [0.25, 0.3) is 0 Å². The second kappa shape index (κ2) is 8.57. The molecular formula is C22H31N5O3. The third-order valence-corrected chi connectivity index (χ3v) is 5.45. The Balaban J connectivity index is 1.99. The molecule has 3 N–H and O–H groups in total. The number of rotatable bonds is 5. The molecule has 0 saturated carbocycles. The summed E-state index contributed by atoms with van der Waals surface area (Å²) in [6.07, 6.45) is -0.938. The van der Waals surface area contributed by atoms with Crippen LogP contribution in [-0.4, -0.2) is 58.1 Å². The molecule has 0 fully saturated rings. The Morgan fingerprint density at radius 1 is 1.17 bits per heavy atom. The van der Waals surface area contributed by atoms with Crippen LogP contribution in [0, 0.1) is 5.41 Å². The summed E-state index contributed by atoms with van der Waals surface area (Å²) in [7, 11) is 3.53. The number of carbonyl (C=O) groups excluding carboxylic acids is 2. The molecule has 0 radical (unpaired) electrons. The van der Waals surface area contributed by atoms with Crippen molar-refractivity contribution in [3.8, 4) is 0 Å².